The molecule has 2 unspecified atom stereocenters. The number of benzene rings is 2. The molecule has 0 bridgehead atoms. The second-order valence-electron chi connectivity index (χ2n) is 10.6. The molecule has 1 aliphatic heterocycles. The van der Waals surface area contributed by atoms with Crippen LogP contribution in [0.1, 0.15) is 39.2 Å². The molecule has 3 aromatic rings. The van der Waals surface area contributed by atoms with Gasteiger partial charge in [-0.25, -0.2) is 9.07 Å². The van der Waals surface area contributed by atoms with Crippen molar-refractivity contribution in [3.05, 3.63) is 66.0 Å². The number of aliphatic hydroxyl groups excluding tert-OH is 1. The van der Waals surface area contributed by atoms with Gasteiger partial charge in [0.15, 0.2) is 0 Å². The number of hydrogen-bond donors (Lipinski definition) is 1. The molecule has 1 saturated heterocycles. The molecule has 0 spiro atoms. The van der Waals surface area contributed by atoms with E-state index in [1.165, 1.54) is 12.1 Å². The van der Waals surface area contributed by atoms with Crippen molar-refractivity contribution in [2.24, 2.45) is 7.05 Å². The van der Waals surface area contributed by atoms with E-state index < -0.39 is 6.10 Å². The third-order valence-corrected chi connectivity index (χ3v) is 6.19. The van der Waals surface area contributed by atoms with Crippen LogP contribution in [0, 0.1) is 5.82 Å². The van der Waals surface area contributed by atoms with Crippen LogP contribution < -0.4 is 4.74 Å². The highest BCUT2D eigenvalue weighted by Crippen LogP contribution is 2.34. The van der Waals surface area contributed by atoms with Crippen molar-refractivity contribution in [3.8, 4) is 22.9 Å². The zero-order valence-corrected chi connectivity index (χ0v) is 22.2. The Bertz CT molecular complexity index is 1140. The fourth-order valence-corrected chi connectivity index (χ4v) is 4.49. The first-order chi connectivity index (χ1) is 17.7. The molecule has 1 fully saturated rings. The molecule has 200 valence electrons. The summed E-state index contributed by atoms with van der Waals surface area (Å²) in [5.74, 6) is 0.557. The van der Waals surface area contributed by atoms with E-state index in [2.05, 4.69) is 4.90 Å². The Hall–Kier alpha value is -2.78. The molecular formula is C29H38FN3O4. The zero-order valence-electron chi connectivity index (χ0n) is 22.2. The van der Waals surface area contributed by atoms with Crippen LogP contribution in [0.3, 0.4) is 0 Å². The quantitative estimate of drug-likeness (QED) is 0.383. The molecule has 1 aliphatic rings. The molecular weight excluding hydrogens is 473 g/mol. The summed E-state index contributed by atoms with van der Waals surface area (Å²) in [6.45, 7) is 8.44. The molecule has 37 heavy (non-hydrogen) atoms. The minimum Gasteiger partial charge on any atom is -0.439 e. The summed E-state index contributed by atoms with van der Waals surface area (Å²) in [6.07, 6.45) is 1.44. The summed E-state index contributed by atoms with van der Waals surface area (Å²) in [5, 5.41) is 15.6. The Morgan fingerprint density at radius 1 is 1.19 bits per heavy atom. The van der Waals surface area contributed by atoms with E-state index in [4.69, 9.17) is 19.3 Å². The molecule has 2 aromatic carbocycles. The summed E-state index contributed by atoms with van der Waals surface area (Å²) in [6, 6.07) is 16.0. The van der Waals surface area contributed by atoms with E-state index in [1.807, 2.05) is 58.2 Å². The zero-order chi connectivity index (χ0) is 26.4. The third kappa shape index (κ3) is 7.85. The number of ether oxygens (including phenoxy) is 3. The molecule has 4 rings (SSSR count). The molecule has 2 atom stereocenters. The smallest absolute Gasteiger partial charge is 0.222 e. The molecule has 2 heterocycles. The summed E-state index contributed by atoms with van der Waals surface area (Å²) < 4.78 is 33.6. The van der Waals surface area contributed by atoms with Gasteiger partial charge in [-0.3, -0.25) is 4.90 Å². The highest BCUT2D eigenvalue weighted by atomic mass is 19.1. The third-order valence-electron chi connectivity index (χ3n) is 6.19. The lowest BCUT2D eigenvalue weighted by molar-refractivity contribution is -0.0594. The minimum atomic E-state index is -0.676. The first-order valence-corrected chi connectivity index (χ1v) is 12.9. The Balaban J connectivity index is 1.65. The van der Waals surface area contributed by atoms with Crippen molar-refractivity contribution in [1.29, 1.82) is 0 Å². The molecule has 8 heteroatoms. The van der Waals surface area contributed by atoms with Gasteiger partial charge in [-0.1, -0.05) is 36.4 Å². The van der Waals surface area contributed by atoms with Crippen LogP contribution >= 0.6 is 0 Å². The normalized spacial score (nSPS) is 16.9. The van der Waals surface area contributed by atoms with Crippen LogP contribution in [-0.2, 0) is 23.1 Å². The van der Waals surface area contributed by atoms with Crippen LogP contribution in [-0.4, -0.2) is 63.9 Å². The monoisotopic (exact) mass is 511 g/mol. The van der Waals surface area contributed by atoms with Crippen LogP contribution in [0.2, 0.25) is 0 Å². The summed E-state index contributed by atoms with van der Waals surface area (Å²) in [5.41, 5.74) is 2.26. The Kier molecular flexibility index (Phi) is 8.97. The SMILES string of the molecule is Cn1nc(-c2ccccc2)c(CN(CC(O)COC(C)(C)C)CC2CCCO2)c1Oc1cccc(F)c1. The number of nitrogens with zero attached hydrogens (tertiary/aromatic N) is 3. The van der Waals surface area contributed by atoms with Crippen molar-refractivity contribution in [3.63, 3.8) is 0 Å². The maximum absolute atomic E-state index is 13.9. The standard InChI is InChI=1S/C29H38FN3O4/c1-29(2,3)36-20-23(34)17-33(18-25-14-9-15-35-25)19-26-27(21-10-6-5-7-11-21)31-32(4)28(26)37-24-13-8-12-22(30)16-24/h5-8,10-13,16,23,25,34H,9,14-15,17-20H2,1-4H3. The fraction of sp³-hybridized carbons (Fsp3) is 0.483. The van der Waals surface area contributed by atoms with Gasteiger partial charge in [0.1, 0.15) is 17.3 Å². The predicted octanol–water partition coefficient (Wildman–Crippen LogP) is 5.18. The van der Waals surface area contributed by atoms with Crippen molar-refractivity contribution < 1.29 is 23.7 Å². The number of aliphatic hydroxyl groups is 1. The first-order valence-electron chi connectivity index (χ1n) is 12.9. The van der Waals surface area contributed by atoms with Gasteiger partial charge in [0, 0.05) is 44.9 Å². The molecule has 1 aromatic heterocycles. The van der Waals surface area contributed by atoms with E-state index in [1.54, 1.807) is 16.8 Å². The van der Waals surface area contributed by atoms with Gasteiger partial charge in [0.05, 0.1) is 30.0 Å². The van der Waals surface area contributed by atoms with Crippen molar-refractivity contribution in [2.45, 2.75) is 58.0 Å². The average molecular weight is 512 g/mol. The van der Waals surface area contributed by atoms with Crippen LogP contribution in [0.15, 0.2) is 54.6 Å². The van der Waals surface area contributed by atoms with E-state index in [9.17, 15) is 9.50 Å². The lowest BCUT2D eigenvalue weighted by Gasteiger charge is -2.29. The van der Waals surface area contributed by atoms with Crippen LogP contribution in [0.5, 0.6) is 11.6 Å². The molecule has 7 nitrogen and oxygen atoms in total. The Labute approximate surface area is 218 Å². The summed E-state index contributed by atoms with van der Waals surface area (Å²) >= 11 is 0. The lowest BCUT2D eigenvalue weighted by atomic mass is 10.1. The summed E-state index contributed by atoms with van der Waals surface area (Å²) in [4.78, 5) is 2.18. The number of rotatable bonds is 11. The molecule has 0 radical (unpaired) electrons. The molecule has 0 saturated carbocycles. The second-order valence-corrected chi connectivity index (χ2v) is 10.6. The molecule has 0 aliphatic carbocycles. The van der Waals surface area contributed by atoms with E-state index in [-0.39, 0.29) is 24.1 Å². The number of halogens is 1. The first kappa shape index (κ1) is 27.3. The fourth-order valence-electron chi connectivity index (χ4n) is 4.49. The second kappa shape index (κ2) is 12.2. The van der Waals surface area contributed by atoms with Gasteiger partial charge < -0.3 is 19.3 Å². The Morgan fingerprint density at radius 3 is 2.65 bits per heavy atom. The minimum absolute atomic E-state index is 0.0974. The van der Waals surface area contributed by atoms with Gasteiger partial charge in [0.2, 0.25) is 5.88 Å². The van der Waals surface area contributed by atoms with Crippen LogP contribution in [0.4, 0.5) is 4.39 Å². The average Bonchev–Trinajstić information content (AvgIpc) is 3.46. The van der Waals surface area contributed by atoms with Crippen molar-refractivity contribution in [1.82, 2.24) is 14.7 Å². The van der Waals surface area contributed by atoms with Gasteiger partial charge in [0.25, 0.3) is 0 Å². The molecule has 0 amide bonds. The van der Waals surface area contributed by atoms with E-state index in [0.29, 0.717) is 31.3 Å². The predicted molar refractivity (Wildman–Crippen MR) is 141 cm³/mol. The van der Waals surface area contributed by atoms with Gasteiger partial charge in [-0.2, -0.15) is 5.10 Å². The van der Waals surface area contributed by atoms with Gasteiger partial charge in [-0.05, 0) is 45.7 Å². The van der Waals surface area contributed by atoms with E-state index in [0.717, 1.165) is 36.3 Å². The van der Waals surface area contributed by atoms with Crippen molar-refractivity contribution >= 4 is 0 Å². The van der Waals surface area contributed by atoms with Crippen molar-refractivity contribution in [2.75, 3.05) is 26.3 Å². The highest BCUT2D eigenvalue weighted by molar-refractivity contribution is 5.65. The van der Waals surface area contributed by atoms with Gasteiger partial charge in [-0.15, -0.1) is 0 Å². The summed E-state index contributed by atoms with van der Waals surface area (Å²) in [7, 11) is 1.82. The number of aromatic nitrogens is 2. The molecule has 1 N–H and O–H groups in total. The number of aryl methyl sites for hydroxylation is 1. The van der Waals surface area contributed by atoms with E-state index >= 15 is 0 Å². The maximum atomic E-state index is 13.9. The Morgan fingerprint density at radius 2 is 1.97 bits per heavy atom. The highest BCUT2D eigenvalue weighted by Gasteiger charge is 2.27. The topological polar surface area (TPSA) is 69.0 Å². The van der Waals surface area contributed by atoms with Crippen LogP contribution in [0.25, 0.3) is 11.3 Å². The van der Waals surface area contributed by atoms with Gasteiger partial charge >= 0.3 is 0 Å². The number of hydrogen-bond acceptors (Lipinski definition) is 6. The maximum Gasteiger partial charge on any atom is 0.222 e. The largest absolute Gasteiger partial charge is 0.439 e. The lowest BCUT2D eigenvalue weighted by Crippen LogP contribution is -2.40.